The fourth-order valence-electron chi connectivity index (χ4n) is 5.62. The molecule has 0 radical (unpaired) electrons. The van der Waals surface area contributed by atoms with Crippen LogP contribution in [0.2, 0.25) is 0 Å². The lowest BCUT2D eigenvalue weighted by atomic mass is 9.97. The number of H-pyrrole nitrogens is 1. The fraction of sp³-hybridized carbons (Fsp3) is 0.226. The lowest BCUT2D eigenvalue weighted by Crippen LogP contribution is -2.34. The highest BCUT2D eigenvalue weighted by molar-refractivity contribution is 5.97. The topological polar surface area (TPSA) is 146 Å². The molecule has 7 rings (SSSR count). The van der Waals surface area contributed by atoms with Crippen molar-refractivity contribution in [3.8, 4) is 28.5 Å². The molecule has 0 spiro atoms. The highest BCUT2D eigenvalue weighted by Gasteiger charge is 2.26. The van der Waals surface area contributed by atoms with Crippen molar-refractivity contribution in [3.05, 3.63) is 78.4 Å². The number of piperidine rings is 1. The first-order valence-electron chi connectivity index (χ1n) is 13.8. The second-order valence-corrected chi connectivity index (χ2v) is 10.6. The number of phenolic OH excluding ortho intramolecular Hbond substituents is 1. The van der Waals surface area contributed by atoms with E-state index in [0.29, 0.717) is 23.2 Å². The summed E-state index contributed by atoms with van der Waals surface area (Å²) >= 11 is 0. The van der Waals surface area contributed by atoms with E-state index >= 15 is 0 Å². The highest BCUT2D eigenvalue weighted by atomic mass is 16.4. The molecule has 3 aromatic carbocycles. The van der Waals surface area contributed by atoms with Crippen LogP contribution in [0.3, 0.4) is 0 Å². The maximum Gasteiger partial charge on any atom is 0.247 e. The summed E-state index contributed by atoms with van der Waals surface area (Å²) < 4.78 is 6.24. The van der Waals surface area contributed by atoms with Crippen molar-refractivity contribution in [2.45, 2.75) is 32.2 Å². The Balaban J connectivity index is 1.11. The lowest BCUT2D eigenvalue weighted by molar-refractivity contribution is -0.114. The Morgan fingerprint density at radius 2 is 1.90 bits per heavy atom. The summed E-state index contributed by atoms with van der Waals surface area (Å²) in [6.07, 6.45) is 5.47. The van der Waals surface area contributed by atoms with Crippen molar-refractivity contribution in [2.24, 2.45) is 0 Å². The summed E-state index contributed by atoms with van der Waals surface area (Å²) in [5, 5.41) is 30.0. The molecular formula is C31H28N8O3. The molecule has 1 aliphatic heterocycles. The Kier molecular flexibility index (Phi) is 6.55. The minimum absolute atomic E-state index is 0.0132. The molecule has 1 saturated heterocycles. The average Bonchev–Trinajstić information content (AvgIpc) is 3.66. The number of carbonyl (C=O) groups is 1. The molecule has 1 fully saturated rings. The number of carbonyl (C=O) groups excluding carboxylic acids is 1. The van der Waals surface area contributed by atoms with Gasteiger partial charge in [-0.25, -0.2) is 0 Å². The van der Waals surface area contributed by atoms with E-state index in [1.807, 2.05) is 24.3 Å². The monoisotopic (exact) mass is 560 g/mol. The van der Waals surface area contributed by atoms with Crippen molar-refractivity contribution in [3.63, 3.8) is 0 Å². The van der Waals surface area contributed by atoms with E-state index in [2.05, 4.69) is 52.7 Å². The fourth-order valence-corrected chi connectivity index (χ4v) is 5.62. The zero-order valence-corrected chi connectivity index (χ0v) is 22.9. The van der Waals surface area contributed by atoms with Gasteiger partial charge in [-0.2, -0.15) is 5.10 Å². The number of aromatic amines is 1. The van der Waals surface area contributed by atoms with Crippen LogP contribution in [-0.2, 0) is 11.3 Å². The number of aromatic hydroxyl groups is 1. The normalized spacial score (nSPS) is 15.8. The molecular weight excluding hydrogens is 532 g/mol. The predicted octanol–water partition coefficient (Wildman–Crippen LogP) is 5.27. The van der Waals surface area contributed by atoms with Gasteiger partial charge in [-0.1, -0.05) is 6.07 Å². The zero-order valence-electron chi connectivity index (χ0n) is 22.9. The van der Waals surface area contributed by atoms with Gasteiger partial charge in [-0.05, 0) is 73.5 Å². The first kappa shape index (κ1) is 25.8. The summed E-state index contributed by atoms with van der Waals surface area (Å²) in [4.78, 5) is 22.8. The summed E-state index contributed by atoms with van der Waals surface area (Å²) in [6, 6.07) is 17.1. The molecule has 42 heavy (non-hydrogen) atoms. The third-order valence-corrected chi connectivity index (χ3v) is 7.63. The van der Waals surface area contributed by atoms with Crippen LogP contribution in [-0.4, -0.2) is 59.4 Å². The van der Waals surface area contributed by atoms with E-state index < -0.39 is 0 Å². The minimum atomic E-state index is -0.270. The van der Waals surface area contributed by atoms with Crippen LogP contribution >= 0.6 is 0 Å². The van der Waals surface area contributed by atoms with Gasteiger partial charge in [0.05, 0.1) is 33.8 Å². The third kappa shape index (κ3) is 5.06. The van der Waals surface area contributed by atoms with Gasteiger partial charge in [0.25, 0.3) is 0 Å². The second kappa shape index (κ2) is 10.7. The van der Waals surface area contributed by atoms with Gasteiger partial charge >= 0.3 is 0 Å². The molecule has 4 heterocycles. The highest BCUT2D eigenvalue weighted by Crippen LogP contribution is 2.35. The maximum absolute atomic E-state index is 11.6. The van der Waals surface area contributed by atoms with Crippen LogP contribution in [0, 0.1) is 0 Å². The number of rotatable bonds is 6. The van der Waals surface area contributed by atoms with Gasteiger partial charge in [0.15, 0.2) is 0 Å². The van der Waals surface area contributed by atoms with Crippen LogP contribution < -0.4 is 5.32 Å². The number of nitrogens with one attached hydrogen (secondary N) is 2. The largest absolute Gasteiger partial charge is 0.506 e. The van der Waals surface area contributed by atoms with Crippen molar-refractivity contribution in [2.75, 3.05) is 18.4 Å². The molecule has 0 aliphatic carbocycles. The number of fused-ring (bicyclic) bond motifs is 2. The zero-order chi connectivity index (χ0) is 28.6. The van der Waals surface area contributed by atoms with Crippen molar-refractivity contribution >= 4 is 33.5 Å². The lowest BCUT2D eigenvalue weighted by Gasteiger charge is -2.31. The Bertz CT molecular complexity index is 1930. The first-order chi connectivity index (χ1) is 20.5. The molecule has 11 heteroatoms. The molecule has 1 atom stereocenters. The SMILES string of the molecule is CC(=O)Nc1cc(-c2n[nH]c3ccc(-c4nnc([C@@H]5CCCN(Cc6ccc7nccnc7c6)C5)o4)cc23)ccc1O. The van der Waals surface area contributed by atoms with E-state index in [-0.39, 0.29) is 17.6 Å². The van der Waals surface area contributed by atoms with Gasteiger partial charge in [-0.15, -0.1) is 10.2 Å². The Morgan fingerprint density at radius 3 is 2.79 bits per heavy atom. The first-order valence-corrected chi connectivity index (χ1v) is 13.8. The molecule has 3 aromatic heterocycles. The van der Waals surface area contributed by atoms with E-state index in [1.54, 1.807) is 24.5 Å². The summed E-state index contributed by atoms with van der Waals surface area (Å²) in [5.74, 6) is 0.964. The number of benzene rings is 3. The number of hydrogen-bond donors (Lipinski definition) is 3. The van der Waals surface area contributed by atoms with Gasteiger partial charge in [0.1, 0.15) is 5.75 Å². The minimum Gasteiger partial charge on any atom is -0.506 e. The van der Waals surface area contributed by atoms with Crippen molar-refractivity contribution in [1.82, 2.24) is 35.3 Å². The maximum atomic E-state index is 11.6. The number of amides is 1. The third-order valence-electron chi connectivity index (χ3n) is 7.63. The van der Waals surface area contributed by atoms with Crippen LogP contribution in [0.4, 0.5) is 5.69 Å². The number of hydrogen-bond acceptors (Lipinski definition) is 9. The molecule has 1 amide bonds. The number of nitrogens with zero attached hydrogens (tertiary/aromatic N) is 6. The Morgan fingerprint density at radius 1 is 1.05 bits per heavy atom. The number of aromatic nitrogens is 6. The molecule has 3 N–H and O–H groups in total. The summed E-state index contributed by atoms with van der Waals surface area (Å²) in [5.41, 5.74) is 6.38. The van der Waals surface area contributed by atoms with E-state index in [1.165, 1.54) is 18.6 Å². The molecule has 210 valence electrons. The average molecular weight is 561 g/mol. The molecule has 11 nitrogen and oxygen atoms in total. The number of likely N-dealkylation sites (tertiary alicyclic amines) is 1. The van der Waals surface area contributed by atoms with Crippen LogP contribution in [0.5, 0.6) is 5.75 Å². The van der Waals surface area contributed by atoms with E-state index in [0.717, 1.165) is 65.5 Å². The molecule has 1 aliphatic rings. The van der Waals surface area contributed by atoms with E-state index in [9.17, 15) is 9.90 Å². The van der Waals surface area contributed by atoms with Gasteiger partial charge in [0.2, 0.25) is 17.7 Å². The van der Waals surface area contributed by atoms with Gasteiger partial charge in [-0.3, -0.25) is 24.8 Å². The van der Waals surface area contributed by atoms with Gasteiger partial charge in [0, 0.05) is 48.9 Å². The predicted molar refractivity (Wildman–Crippen MR) is 158 cm³/mol. The van der Waals surface area contributed by atoms with Gasteiger partial charge < -0.3 is 14.8 Å². The second-order valence-electron chi connectivity index (χ2n) is 10.6. The standard InChI is InChI=1S/C31H28N8O3/c1-18(40)34-27-15-20(6-9-28(27)41)29-23-14-21(5-8-24(23)35-36-29)30-37-38-31(42-30)22-3-2-12-39(17-22)16-19-4-7-25-26(13-19)33-11-10-32-25/h4-11,13-15,22,41H,2-3,12,16-17H2,1H3,(H,34,40)(H,35,36)/t22-/m1/s1. The van der Waals surface area contributed by atoms with E-state index in [4.69, 9.17) is 4.42 Å². The van der Waals surface area contributed by atoms with Crippen LogP contribution in [0.15, 0.2) is 71.4 Å². The molecule has 0 unspecified atom stereocenters. The van der Waals surface area contributed by atoms with Crippen molar-refractivity contribution in [1.29, 1.82) is 0 Å². The quantitative estimate of drug-likeness (QED) is 0.232. The molecule has 0 saturated carbocycles. The van der Waals surface area contributed by atoms with Crippen LogP contribution in [0.25, 0.3) is 44.6 Å². The summed E-state index contributed by atoms with van der Waals surface area (Å²) in [7, 11) is 0. The smallest absolute Gasteiger partial charge is 0.247 e. The Labute approximate surface area is 240 Å². The molecule has 0 bridgehead atoms. The Hall–Kier alpha value is -5.16. The van der Waals surface area contributed by atoms with Crippen LogP contribution in [0.1, 0.15) is 37.1 Å². The molecule has 6 aromatic rings. The number of phenols is 1. The van der Waals surface area contributed by atoms with Crippen molar-refractivity contribution < 1.29 is 14.3 Å². The number of anilines is 1. The summed E-state index contributed by atoms with van der Waals surface area (Å²) in [6.45, 7) is 4.07.